The number of fused-ring (bicyclic) bond motifs is 1. The minimum absolute atomic E-state index is 0.166. The summed E-state index contributed by atoms with van der Waals surface area (Å²) in [5, 5.41) is 3.61. The van der Waals surface area contributed by atoms with E-state index in [0.29, 0.717) is 28.6 Å². The molecule has 4 aromatic rings. The molecule has 2 heterocycles. The quantitative estimate of drug-likeness (QED) is 0.449. The fourth-order valence-electron chi connectivity index (χ4n) is 3.05. The Bertz CT molecular complexity index is 1310. The first-order valence-corrected chi connectivity index (χ1v) is 11.6. The molecule has 0 radical (unpaired) electrons. The number of thiophene rings is 1. The monoisotopic (exact) mass is 456 g/mol. The molecule has 2 aromatic heterocycles. The summed E-state index contributed by atoms with van der Waals surface area (Å²) in [5.41, 5.74) is 0.503. The Morgan fingerprint density at radius 2 is 1.90 bits per heavy atom. The largest absolute Gasteiger partial charge is 0.497 e. The molecule has 0 fully saturated rings. The van der Waals surface area contributed by atoms with Crippen LogP contribution in [0.1, 0.15) is 15.4 Å². The molecule has 0 aliphatic heterocycles. The first-order chi connectivity index (χ1) is 14.9. The number of carbonyl (C=O) groups is 1. The van der Waals surface area contributed by atoms with Gasteiger partial charge in [-0.05, 0) is 66.0 Å². The van der Waals surface area contributed by atoms with Gasteiger partial charge in [0.25, 0.3) is 15.9 Å². The van der Waals surface area contributed by atoms with Crippen molar-refractivity contribution in [1.29, 1.82) is 0 Å². The summed E-state index contributed by atoms with van der Waals surface area (Å²) in [5.74, 6) is 1.04. The predicted octanol–water partition coefficient (Wildman–Crippen LogP) is 4.26. The van der Waals surface area contributed by atoms with Crippen LogP contribution in [0.25, 0.3) is 10.1 Å². The molecule has 7 nitrogen and oxygen atoms in total. The van der Waals surface area contributed by atoms with E-state index in [2.05, 4.69) is 5.32 Å². The molecule has 0 spiro atoms. The normalized spacial score (nSPS) is 11.4. The maximum Gasteiger partial charge on any atom is 0.264 e. The van der Waals surface area contributed by atoms with Gasteiger partial charge in [-0.3, -0.25) is 9.10 Å². The van der Waals surface area contributed by atoms with Gasteiger partial charge in [0.2, 0.25) is 0 Å². The smallest absolute Gasteiger partial charge is 0.264 e. The first-order valence-electron chi connectivity index (χ1n) is 9.35. The third-order valence-corrected chi connectivity index (χ3v) is 7.72. The standard InChI is InChI=1S/C22H20N2O5S2/c1-24(31(26,27)19-8-6-17(28-2)7-9-19)16-5-10-20-15(12-16)13-21(30-20)22(25)23-14-18-4-3-11-29-18/h3-13H,14H2,1-2H3,(H,23,25). The molecule has 2 aromatic carbocycles. The summed E-state index contributed by atoms with van der Waals surface area (Å²) in [6, 6.07) is 16.8. The molecule has 1 amide bonds. The number of rotatable bonds is 7. The zero-order valence-electron chi connectivity index (χ0n) is 16.9. The minimum Gasteiger partial charge on any atom is -0.497 e. The van der Waals surface area contributed by atoms with Crippen LogP contribution in [-0.2, 0) is 16.6 Å². The van der Waals surface area contributed by atoms with Crippen LogP contribution < -0.4 is 14.4 Å². The zero-order chi connectivity index (χ0) is 22.0. The highest BCUT2D eigenvalue weighted by molar-refractivity contribution is 7.92. The molecule has 0 atom stereocenters. The van der Waals surface area contributed by atoms with Gasteiger partial charge in [-0.2, -0.15) is 0 Å². The van der Waals surface area contributed by atoms with Crippen LogP contribution in [0.15, 0.2) is 76.2 Å². The number of carbonyl (C=O) groups excluding carboxylic acids is 1. The van der Waals surface area contributed by atoms with E-state index in [4.69, 9.17) is 9.15 Å². The van der Waals surface area contributed by atoms with Gasteiger partial charge < -0.3 is 14.5 Å². The van der Waals surface area contributed by atoms with E-state index in [1.165, 1.54) is 41.9 Å². The molecule has 4 rings (SSSR count). The Labute approximate surface area is 183 Å². The van der Waals surface area contributed by atoms with Crippen molar-refractivity contribution in [2.24, 2.45) is 0 Å². The molecule has 9 heteroatoms. The molecule has 0 saturated carbocycles. The van der Waals surface area contributed by atoms with Crippen molar-refractivity contribution >= 4 is 43.0 Å². The lowest BCUT2D eigenvalue weighted by Gasteiger charge is -2.19. The number of ether oxygens (including phenoxy) is 1. The predicted molar refractivity (Wildman–Crippen MR) is 120 cm³/mol. The molecule has 160 valence electrons. The Kier molecular flexibility index (Phi) is 5.71. The van der Waals surface area contributed by atoms with Crippen LogP contribution in [0, 0.1) is 0 Å². The second-order valence-electron chi connectivity index (χ2n) is 6.74. The van der Waals surface area contributed by atoms with Gasteiger partial charge in [0, 0.05) is 11.7 Å². The van der Waals surface area contributed by atoms with E-state index in [1.807, 2.05) is 6.07 Å². The number of furan rings is 1. The van der Waals surface area contributed by atoms with Crippen LogP contribution in [0.2, 0.25) is 0 Å². The van der Waals surface area contributed by atoms with E-state index in [1.54, 1.807) is 48.7 Å². The fraction of sp³-hybridized carbons (Fsp3) is 0.136. The van der Waals surface area contributed by atoms with Gasteiger partial charge in [-0.1, -0.05) is 0 Å². The van der Waals surface area contributed by atoms with E-state index in [0.717, 1.165) is 10.1 Å². The lowest BCUT2D eigenvalue weighted by Crippen LogP contribution is -2.26. The number of benzene rings is 2. The highest BCUT2D eigenvalue weighted by Crippen LogP contribution is 2.31. The van der Waals surface area contributed by atoms with Crippen molar-refractivity contribution in [2.75, 3.05) is 18.5 Å². The maximum absolute atomic E-state index is 13.0. The molecule has 0 unspecified atom stereocenters. The van der Waals surface area contributed by atoms with Gasteiger partial charge >= 0.3 is 0 Å². The summed E-state index contributed by atoms with van der Waals surface area (Å²) >= 11 is 1.35. The van der Waals surface area contributed by atoms with E-state index in [9.17, 15) is 13.2 Å². The second-order valence-corrected chi connectivity index (χ2v) is 9.80. The van der Waals surface area contributed by atoms with E-state index >= 15 is 0 Å². The number of nitrogens with one attached hydrogen (secondary N) is 1. The number of hydrogen-bond acceptors (Lipinski definition) is 6. The van der Waals surface area contributed by atoms with Crippen molar-refractivity contribution in [3.05, 3.63) is 77.6 Å². The van der Waals surface area contributed by atoms with Gasteiger partial charge in [-0.15, -0.1) is 11.3 Å². The second kappa shape index (κ2) is 8.44. The summed E-state index contributed by atoms with van der Waals surface area (Å²) in [6.45, 7) is 0.300. The number of hydrogen-bond donors (Lipinski definition) is 1. The number of sulfonamides is 1. The summed E-state index contributed by atoms with van der Waals surface area (Å²) in [4.78, 5) is 13.2. The van der Waals surface area contributed by atoms with Crippen LogP contribution in [0.5, 0.6) is 5.75 Å². The Morgan fingerprint density at radius 3 is 2.58 bits per heavy atom. The summed E-state index contributed by atoms with van der Waals surface area (Å²) < 4.78 is 38.4. The average Bonchev–Trinajstić information content (AvgIpc) is 3.46. The number of nitrogens with zero attached hydrogens (tertiary/aromatic N) is 1. The maximum atomic E-state index is 13.0. The number of methoxy groups -OCH3 is 1. The average molecular weight is 457 g/mol. The van der Waals surface area contributed by atoms with Crippen molar-refractivity contribution in [3.63, 3.8) is 0 Å². The van der Waals surface area contributed by atoms with E-state index < -0.39 is 10.0 Å². The molecule has 0 aliphatic carbocycles. The third kappa shape index (κ3) is 4.28. The molecule has 1 N–H and O–H groups in total. The van der Waals surface area contributed by atoms with Gasteiger partial charge in [-0.25, -0.2) is 8.42 Å². The number of anilines is 1. The lowest BCUT2D eigenvalue weighted by molar-refractivity contribution is 0.0952. The molecular formula is C22H20N2O5S2. The van der Waals surface area contributed by atoms with Crippen LogP contribution in [0.4, 0.5) is 5.69 Å². The van der Waals surface area contributed by atoms with Gasteiger partial charge in [0.15, 0.2) is 0 Å². The number of amides is 1. The van der Waals surface area contributed by atoms with Crippen molar-refractivity contribution in [2.45, 2.75) is 11.4 Å². The van der Waals surface area contributed by atoms with Gasteiger partial charge in [0.05, 0.1) is 35.4 Å². The van der Waals surface area contributed by atoms with Crippen molar-refractivity contribution in [3.8, 4) is 5.75 Å². The highest BCUT2D eigenvalue weighted by atomic mass is 32.2. The Balaban J connectivity index is 1.56. The van der Waals surface area contributed by atoms with E-state index in [-0.39, 0.29) is 10.8 Å². The topological polar surface area (TPSA) is 88.9 Å². The van der Waals surface area contributed by atoms with Crippen LogP contribution >= 0.6 is 11.3 Å². The first kappa shape index (κ1) is 21.0. The summed E-state index contributed by atoms with van der Waals surface area (Å²) in [7, 11) is -0.708. The summed E-state index contributed by atoms with van der Waals surface area (Å²) in [6.07, 6.45) is 1.55. The lowest BCUT2D eigenvalue weighted by atomic mass is 10.2. The third-order valence-electron chi connectivity index (χ3n) is 4.81. The fourth-order valence-corrected chi connectivity index (χ4v) is 5.20. The van der Waals surface area contributed by atoms with Crippen LogP contribution in [0.3, 0.4) is 0 Å². The molecule has 0 bridgehead atoms. The van der Waals surface area contributed by atoms with Gasteiger partial charge in [0.1, 0.15) is 11.5 Å². The Hall–Kier alpha value is -3.30. The Morgan fingerprint density at radius 1 is 1.13 bits per heavy atom. The molecule has 0 saturated heterocycles. The molecular weight excluding hydrogens is 436 g/mol. The zero-order valence-corrected chi connectivity index (χ0v) is 18.5. The minimum atomic E-state index is -3.74. The van der Waals surface area contributed by atoms with Crippen LogP contribution in [-0.4, -0.2) is 28.5 Å². The van der Waals surface area contributed by atoms with Crippen molar-refractivity contribution in [1.82, 2.24) is 5.32 Å². The molecule has 0 aliphatic rings. The SMILES string of the molecule is COc1ccc(S(=O)(=O)N(C)c2ccc3sc(C(=O)NCc4ccco4)cc3c2)cc1. The molecule has 31 heavy (non-hydrogen) atoms. The highest BCUT2D eigenvalue weighted by Gasteiger charge is 2.22. The van der Waals surface area contributed by atoms with Crippen molar-refractivity contribution < 1.29 is 22.4 Å².